The molecule has 0 aliphatic heterocycles. The predicted molar refractivity (Wildman–Crippen MR) is 81.1 cm³/mol. The lowest BCUT2D eigenvalue weighted by molar-refractivity contribution is 0.0953. The molecule has 0 atom stereocenters. The van der Waals surface area contributed by atoms with Crippen molar-refractivity contribution < 1.29 is 4.79 Å². The Morgan fingerprint density at radius 2 is 1.85 bits per heavy atom. The summed E-state index contributed by atoms with van der Waals surface area (Å²) >= 11 is 1.31. The van der Waals surface area contributed by atoms with Gasteiger partial charge in [-0.1, -0.05) is 48.5 Å². The van der Waals surface area contributed by atoms with E-state index < -0.39 is 0 Å². The number of nitrogens with one attached hydrogen (secondary N) is 1. The minimum Gasteiger partial charge on any atom is -0.265 e. The monoisotopic (exact) mass is 281 g/mol. The van der Waals surface area contributed by atoms with E-state index in [1.54, 1.807) is 6.21 Å². The van der Waals surface area contributed by atoms with Gasteiger partial charge in [0.15, 0.2) is 5.69 Å². The highest BCUT2D eigenvalue weighted by molar-refractivity contribution is 7.13. The minimum atomic E-state index is -0.297. The lowest BCUT2D eigenvalue weighted by Gasteiger charge is -1.96. The molecule has 4 nitrogen and oxygen atoms in total. The molecule has 1 N–H and O–H groups in total. The normalized spacial score (nSPS) is 11.0. The van der Waals surface area contributed by atoms with Gasteiger partial charge < -0.3 is 0 Å². The van der Waals surface area contributed by atoms with Crippen molar-refractivity contribution in [3.63, 3.8) is 0 Å². The van der Waals surface area contributed by atoms with Crippen LogP contribution in [-0.4, -0.2) is 16.5 Å². The second kappa shape index (κ2) is 5.63. The van der Waals surface area contributed by atoms with E-state index in [0.717, 1.165) is 15.6 Å². The van der Waals surface area contributed by atoms with Crippen LogP contribution in [0.25, 0.3) is 10.1 Å². The van der Waals surface area contributed by atoms with E-state index in [2.05, 4.69) is 14.9 Å². The molecule has 3 aromatic rings. The van der Waals surface area contributed by atoms with Gasteiger partial charge in [0.05, 0.1) is 10.9 Å². The van der Waals surface area contributed by atoms with E-state index in [1.807, 2.05) is 54.6 Å². The van der Waals surface area contributed by atoms with Gasteiger partial charge in [0.1, 0.15) is 0 Å². The first-order valence-corrected chi connectivity index (χ1v) is 6.85. The van der Waals surface area contributed by atoms with Crippen molar-refractivity contribution >= 4 is 33.7 Å². The number of hydrazone groups is 1. The summed E-state index contributed by atoms with van der Waals surface area (Å²) in [6.07, 6.45) is 1.60. The highest BCUT2D eigenvalue weighted by atomic mass is 32.1. The smallest absolute Gasteiger partial charge is 0.265 e. The highest BCUT2D eigenvalue weighted by Gasteiger charge is 2.12. The van der Waals surface area contributed by atoms with Gasteiger partial charge in [-0.15, -0.1) is 0 Å². The number of carbonyl (C=O) groups excluding carboxylic acids is 1. The second-order valence-corrected chi connectivity index (χ2v) is 4.94. The van der Waals surface area contributed by atoms with Crippen LogP contribution in [0.5, 0.6) is 0 Å². The average Bonchev–Trinajstić information content (AvgIpc) is 2.92. The third-order valence-corrected chi connectivity index (χ3v) is 3.60. The Morgan fingerprint density at radius 3 is 2.70 bits per heavy atom. The molecule has 3 rings (SSSR count). The molecule has 0 aliphatic carbocycles. The fourth-order valence-corrected chi connectivity index (χ4v) is 2.58. The third-order valence-electron chi connectivity index (χ3n) is 2.77. The Morgan fingerprint density at radius 1 is 1.10 bits per heavy atom. The summed E-state index contributed by atoms with van der Waals surface area (Å²) in [5.41, 5.74) is 3.84. The van der Waals surface area contributed by atoms with E-state index in [4.69, 9.17) is 0 Å². The van der Waals surface area contributed by atoms with Crippen LogP contribution in [0.3, 0.4) is 0 Å². The quantitative estimate of drug-likeness (QED) is 0.592. The zero-order chi connectivity index (χ0) is 13.8. The second-order valence-electron chi connectivity index (χ2n) is 4.14. The molecule has 0 bridgehead atoms. The van der Waals surface area contributed by atoms with Gasteiger partial charge in [0.25, 0.3) is 5.91 Å². The molecule has 0 aliphatic rings. The number of hydrogen-bond acceptors (Lipinski definition) is 4. The molecule has 1 aromatic heterocycles. The van der Waals surface area contributed by atoms with Crippen LogP contribution in [0.4, 0.5) is 0 Å². The van der Waals surface area contributed by atoms with Crippen LogP contribution in [-0.2, 0) is 0 Å². The van der Waals surface area contributed by atoms with Crippen LogP contribution in [0.2, 0.25) is 0 Å². The third kappa shape index (κ3) is 2.57. The van der Waals surface area contributed by atoms with Gasteiger partial charge >= 0.3 is 0 Å². The van der Waals surface area contributed by atoms with Crippen molar-refractivity contribution in [3.8, 4) is 0 Å². The molecular formula is C15H11N3OS. The fraction of sp³-hybridized carbons (Fsp3) is 0. The fourth-order valence-electron chi connectivity index (χ4n) is 1.81. The maximum atomic E-state index is 12.0. The van der Waals surface area contributed by atoms with Gasteiger partial charge in [-0.25, -0.2) is 5.43 Å². The van der Waals surface area contributed by atoms with Crippen LogP contribution in [0, 0.1) is 0 Å². The molecule has 20 heavy (non-hydrogen) atoms. The highest BCUT2D eigenvalue weighted by Crippen LogP contribution is 2.21. The molecule has 2 aromatic carbocycles. The summed E-state index contributed by atoms with van der Waals surface area (Å²) in [6.45, 7) is 0. The van der Waals surface area contributed by atoms with Crippen LogP contribution in [0.15, 0.2) is 59.7 Å². The van der Waals surface area contributed by atoms with Crippen molar-refractivity contribution in [2.24, 2.45) is 5.10 Å². The Hall–Kier alpha value is -2.53. The average molecular weight is 281 g/mol. The summed E-state index contributed by atoms with van der Waals surface area (Å²) < 4.78 is 5.17. The first-order valence-electron chi connectivity index (χ1n) is 6.07. The molecule has 5 heteroatoms. The summed E-state index contributed by atoms with van der Waals surface area (Å²) in [7, 11) is 0. The largest absolute Gasteiger partial charge is 0.291 e. The summed E-state index contributed by atoms with van der Waals surface area (Å²) in [4.78, 5) is 12.0. The van der Waals surface area contributed by atoms with Gasteiger partial charge in [-0.3, -0.25) is 4.79 Å². The topological polar surface area (TPSA) is 54.4 Å². The maximum absolute atomic E-state index is 12.0. The minimum absolute atomic E-state index is 0.297. The van der Waals surface area contributed by atoms with Gasteiger partial charge in [0, 0.05) is 5.39 Å². The lowest BCUT2D eigenvalue weighted by atomic mass is 10.2. The van der Waals surface area contributed by atoms with Crippen molar-refractivity contribution in [3.05, 3.63) is 65.9 Å². The predicted octanol–water partition coefficient (Wildman–Crippen LogP) is 3.06. The maximum Gasteiger partial charge on any atom is 0.291 e. The molecular weight excluding hydrogens is 270 g/mol. The zero-order valence-electron chi connectivity index (χ0n) is 10.5. The van der Waals surface area contributed by atoms with Crippen LogP contribution in [0.1, 0.15) is 16.1 Å². The Bertz CT molecular complexity index is 765. The van der Waals surface area contributed by atoms with Crippen molar-refractivity contribution in [2.75, 3.05) is 0 Å². The van der Waals surface area contributed by atoms with Crippen LogP contribution >= 0.6 is 11.5 Å². The molecule has 0 unspecified atom stereocenters. The van der Waals surface area contributed by atoms with E-state index in [-0.39, 0.29) is 5.91 Å². The first-order chi connectivity index (χ1) is 9.84. The van der Waals surface area contributed by atoms with E-state index in [0.29, 0.717) is 5.69 Å². The lowest BCUT2D eigenvalue weighted by Crippen LogP contribution is -2.18. The number of fused-ring (bicyclic) bond motifs is 1. The number of rotatable bonds is 3. The molecule has 0 saturated carbocycles. The summed E-state index contributed by atoms with van der Waals surface area (Å²) in [5, 5.41) is 4.80. The van der Waals surface area contributed by atoms with Gasteiger partial charge in [0.2, 0.25) is 0 Å². The van der Waals surface area contributed by atoms with Gasteiger partial charge in [-0.05, 0) is 23.2 Å². The Balaban J connectivity index is 1.75. The first kappa shape index (κ1) is 12.5. The molecule has 98 valence electrons. The van der Waals surface area contributed by atoms with Crippen molar-refractivity contribution in [2.45, 2.75) is 0 Å². The number of carbonyl (C=O) groups is 1. The number of benzene rings is 2. The molecule has 0 saturated heterocycles. The molecule has 1 heterocycles. The number of hydrogen-bond donors (Lipinski definition) is 1. The SMILES string of the molecule is O=C(N/N=C/c1ccccc1)c1nsc2ccccc12. The van der Waals surface area contributed by atoms with E-state index in [1.165, 1.54) is 11.5 Å². The zero-order valence-corrected chi connectivity index (χ0v) is 11.3. The number of aromatic nitrogens is 1. The van der Waals surface area contributed by atoms with Crippen molar-refractivity contribution in [1.29, 1.82) is 0 Å². The van der Waals surface area contributed by atoms with E-state index >= 15 is 0 Å². The Kier molecular flexibility index (Phi) is 3.52. The number of amides is 1. The van der Waals surface area contributed by atoms with Crippen LogP contribution < -0.4 is 5.43 Å². The standard InChI is InChI=1S/C15H11N3OS/c19-15(17-16-10-11-6-2-1-3-7-11)14-12-8-4-5-9-13(12)20-18-14/h1-10H,(H,17,19)/b16-10+. The number of nitrogens with zero attached hydrogens (tertiary/aromatic N) is 2. The Labute approximate surface area is 119 Å². The summed E-state index contributed by atoms with van der Waals surface area (Å²) in [5.74, 6) is -0.297. The molecule has 0 radical (unpaired) electrons. The van der Waals surface area contributed by atoms with Gasteiger partial charge in [-0.2, -0.15) is 9.47 Å². The van der Waals surface area contributed by atoms with E-state index in [9.17, 15) is 4.79 Å². The summed E-state index contributed by atoms with van der Waals surface area (Å²) in [6, 6.07) is 17.2. The molecule has 0 fully saturated rings. The molecule has 1 amide bonds. The van der Waals surface area contributed by atoms with Crippen molar-refractivity contribution in [1.82, 2.24) is 9.80 Å². The molecule has 0 spiro atoms.